The van der Waals surface area contributed by atoms with Gasteiger partial charge >= 0.3 is 0 Å². The Bertz CT molecular complexity index is 925. The molecule has 1 aliphatic rings. The van der Waals surface area contributed by atoms with Crippen molar-refractivity contribution in [2.75, 3.05) is 13.1 Å². The Kier molecular flexibility index (Phi) is 4.24. The van der Waals surface area contributed by atoms with Crippen molar-refractivity contribution in [2.45, 2.75) is 26.8 Å². The number of carbonyl (C=O) groups excluding carboxylic acids is 1. The van der Waals surface area contributed by atoms with Crippen LogP contribution in [0, 0.1) is 19.8 Å². The smallest absolute Gasteiger partial charge is 0.259 e. The molecule has 134 valence electrons. The number of likely N-dealkylation sites (tertiary alicyclic amines) is 1. The molecular formula is C18H20N6O2. The van der Waals surface area contributed by atoms with E-state index in [4.69, 9.17) is 4.52 Å². The van der Waals surface area contributed by atoms with Gasteiger partial charge in [-0.15, -0.1) is 5.10 Å². The number of amides is 1. The number of aromatic nitrogens is 5. The van der Waals surface area contributed by atoms with Gasteiger partial charge in [0.25, 0.3) is 5.91 Å². The van der Waals surface area contributed by atoms with Crippen LogP contribution in [-0.4, -0.2) is 49.0 Å². The average molecular weight is 352 g/mol. The molecule has 0 aliphatic carbocycles. The summed E-state index contributed by atoms with van der Waals surface area (Å²) in [5, 5.41) is 12.2. The van der Waals surface area contributed by atoms with Gasteiger partial charge in [0.2, 0.25) is 0 Å². The van der Waals surface area contributed by atoms with E-state index in [0.717, 1.165) is 42.9 Å². The predicted molar refractivity (Wildman–Crippen MR) is 93.2 cm³/mol. The lowest BCUT2D eigenvalue weighted by molar-refractivity contribution is 0.0474. The highest BCUT2D eigenvalue weighted by Gasteiger charge is 2.32. The summed E-state index contributed by atoms with van der Waals surface area (Å²) in [5.41, 5.74) is 4.16. The SMILES string of the molecule is Cc1ccncc1-c1cn(CCC2CN(C(=O)c3conc3C)C2)nn1. The van der Waals surface area contributed by atoms with Crippen molar-refractivity contribution in [3.05, 3.63) is 47.7 Å². The van der Waals surface area contributed by atoms with E-state index in [9.17, 15) is 4.79 Å². The summed E-state index contributed by atoms with van der Waals surface area (Å²) >= 11 is 0. The van der Waals surface area contributed by atoms with Crippen LogP contribution in [0.3, 0.4) is 0 Å². The normalized spacial score (nSPS) is 14.5. The summed E-state index contributed by atoms with van der Waals surface area (Å²) in [6.45, 7) is 6.11. The molecule has 1 aliphatic heterocycles. The first-order valence-electron chi connectivity index (χ1n) is 8.63. The Morgan fingerprint density at radius 2 is 2.19 bits per heavy atom. The molecule has 0 bridgehead atoms. The van der Waals surface area contributed by atoms with Crippen molar-refractivity contribution < 1.29 is 9.32 Å². The summed E-state index contributed by atoms with van der Waals surface area (Å²) in [7, 11) is 0. The second-order valence-corrected chi connectivity index (χ2v) is 6.74. The second kappa shape index (κ2) is 6.70. The molecule has 26 heavy (non-hydrogen) atoms. The maximum atomic E-state index is 12.3. The predicted octanol–water partition coefficient (Wildman–Crippen LogP) is 2.11. The van der Waals surface area contributed by atoms with Gasteiger partial charge in [0.05, 0.1) is 11.9 Å². The van der Waals surface area contributed by atoms with Crippen molar-refractivity contribution in [3.63, 3.8) is 0 Å². The van der Waals surface area contributed by atoms with Crippen LogP contribution in [0.4, 0.5) is 0 Å². The highest BCUT2D eigenvalue weighted by molar-refractivity contribution is 5.95. The molecule has 0 radical (unpaired) electrons. The highest BCUT2D eigenvalue weighted by atomic mass is 16.5. The molecule has 0 aromatic carbocycles. The van der Waals surface area contributed by atoms with Crippen molar-refractivity contribution in [1.82, 2.24) is 30.0 Å². The van der Waals surface area contributed by atoms with Crippen LogP contribution in [0.25, 0.3) is 11.3 Å². The van der Waals surface area contributed by atoms with E-state index in [1.54, 1.807) is 13.1 Å². The van der Waals surface area contributed by atoms with E-state index in [1.165, 1.54) is 6.26 Å². The van der Waals surface area contributed by atoms with Crippen molar-refractivity contribution in [2.24, 2.45) is 5.92 Å². The number of aryl methyl sites for hydroxylation is 3. The molecule has 0 saturated carbocycles. The van der Waals surface area contributed by atoms with Gasteiger partial charge in [-0.3, -0.25) is 14.5 Å². The lowest BCUT2D eigenvalue weighted by Gasteiger charge is -2.39. The summed E-state index contributed by atoms with van der Waals surface area (Å²) in [6.07, 6.45) is 7.91. The van der Waals surface area contributed by atoms with Gasteiger partial charge < -0.3 is 9.42 Å². The zero-order chi connectivity index (χ0) is 18.1. The van der Waals surface area contributed by atoms with Crippen molar-refractivity contribution in [1.29, 1.82) is 0 Å². The number of hydrogen-bond donors (Lipinski definition) is 0. The Balaban J connectivity index is 1.30. The van der Waals surface area contributed by atoms with Crippen LogP contribution in [-0.2, 0) is 6.54 Å². The van der Waals surface area contributed by atoms with E-state index >= 15 is 0 Å². The monoisotopic (exact) mass is 352 g/mol. The number of nitrogens with zero attached hydrogens (tertiary/aromatic N) is 6. The molecule has 0 N–H and O–H groups in total. The van der Waals surface area contributed by atoms with E-state index < -0.39 is 0 Å². The topological polar surface area (TPSA) is 89.9 Å². The third-order valence-corrected chi connectivity index (χ3v) is 4.84. The molecule has 3 aromatic heterocycles. The summed E-state index contributed by atoms with van der Waals surface area (Å²) in [5.74, 6) is 0.474. The molecule has 1 fully saturated rings. The largest absolute Gasteiger partial charge is 0.364 e. The van der Waals surface area contributed by atoms with Gasteiger partial charge in [0, 0.05) is 37.6 Å². The summed E-state index contributed by atoms with van der Waals surface area (Å²) in [4.78, 5) is 18.3. The van der Waals surface area contributed by atoms with Gasteiger partial charge in [0.15, 0.2) is 0 Å². The zero-order valence-electron chi connectivity index (χ0n) is 14.8. The maximum absolute atomic E-state index is 12.3. The second-order valence-electron chi connectivity index (χ2n) is 6.74. The molecule has 4 rings (SSSR count). The van der Waals surface area contributed by atoms with Gasteiger partial charge in [0.1, 0.15) is 17.5 Å². The minimum absolute atomic E-state index is 0.00454. The lowest BCUT2D eigenvalue weighted by Crippen LogP contribution is -2.50. The fraction of sp³-hybridized carbons (Fsp3) is 0.389. The van der Waals surface area contributed by atoms with E-state index in [1.807, 2.05) is 35.0 Å². The van der Waals surface area contributed by atoms with Crippen molar-refractivity contribution >= 4 is 5.91 Å². The first kappa shape index (κ1) is 16.4. The molecule has 3 aromatic rings. The maximum Gasteiger partial charge on any atom is 0.259 e. The molecule has 8 heteroatoms. The minimum atomic E-state index is -0.00454. The van der Waals surface area contributed by atoms with Crippen LogP contribution >= 0.6 is 0 Å². The zero-order valence-corrected chi connectivity index (χ0v) is 14.8. The van der Waals surface area contributed by atoms with E-state index in [0.29, 0.717) is 17.2 Å². The third kappa shape index (κ3) is 3.10. The molecule has 0 unspecified atom stereocenters. The Hall–Kier alpha value is -3.03. The Morgan fingerprint density at radius 1 is 1.35 bits per heavy atom. The molecular weight excluding hydrogens is 332 g/mol. The average Bonchev–Trinajstić information content (AvgIpc) is 3.22. The number of pyridine rings is 1. The van der Waals surface area contributed by atoms with Gasteiger partial charge in [-0.05, 0) is 37.8 Å². The van der Waals surface area contributed by atoms with E-state index in [2.05, 4.69) is 20.5 Å². The van der Waals surface area contributed by atoms with Crippen molar-refractivity contribution in [3.8, 4) is 11.3 Å². The molecule has 0 spiro atoms. The molecule has 0 atom stereocenters. The molecule has 1 saturated heterocycles. The highest BCUT2D eigenvalue weighted by Crippen LogP contribution is 2.24. The fourth-order valence-corrected chi connectivity index (χ4v) is 3.16. The Morgan fingerprint density at radius 3 is 2.92 bits per heavy atom. The first-order chi connectivity index (χ1) is 12.6. The minimum Gasteiger partial charge on any atom is -0.364 e. The van der Waals surface area contributed by atoms with E-state index in [-0.39, 0.29) is 5.91 Å². The van der Waals surface area contributed by atoms with Gasteiger partial charge in [-0.2, -0.15) is 0 Å². The van der Waals surface area contributed by atoms with Gasteiger partial charge in [-0.1, -0.05) is 10.4 Å². The summed E-state index contributed by atoms with van der Waals surface area (Å²) < 4.78 is 6.70. The summed E-state index contributed by atoms with van der Waals surface area (Å²) in [6, 6.07) is 1.96. The quantitative estimate of drug-likeness (QED) is 0.698. The molecule has 4 heterocycles. The number of carbonyl (C=O) groups is 1. The van der Waals surface area contributed by atoms with Crippen LogP contribution in [0.15, 0.2) is 35.4 Å². The van der Waals surface area contributed by atoms with Crippen LogP contribution in [0.5, 0.6) is 0 Å². The molecule has 1 amide bonds. The lowest BCUT2D eigenvalue weighted by atomic mass is 9.95. The number of rotatable bonds is 5. The first-order valence-corrected chi connectivity index (χ1v) is 8.63. The van der Waals surface area contributed by atoms with Crippen LogP contribution < -0.4 is 0 Å². The molecule has 8 nitrogen and oxygen atoms in total. The standard InChI is InChI=1S/C18H20N6O2/c1-12-3-5-19-7-15(12)17-10-24(22-20-17)6-4-14-8-23(9-14)18(25)16-11-26-21-13(16)2/h3,5,7,10-11,14H,4,6,8-9H2,1-2H3. The number of hydrogen-bond acceptors (Lipinski definition) is 6. The Labute approximate surface area is 150 Å². The van der Waals surface area contributed by atoms with Crippen LogP contribution in [0.2, 0.25) is 0 Å². The van der Waals surface area contributed by atoms with Gasteiger partial charge in [-0.25, -0.2) is 0 Å². The van der Waals surface area contributed by atoms with Crippen LogP contribution in [0.1, 0.15) is 28.0 Å². The third-order valence-electron chi connectivity index (χ3n) is 4.84. The fourth-order valence-electron chi connectivity index (χ4n) is 3.16.